The molecule has 0 aliphatic carbocycles. The average Bonchev–Trinajstić information content (AvgIpc) is 2.00. The molecule has 0 radical (unpaired) electrons. The Hall–Kier alpha value is -1.14. The Morgan fingerprint density at radius 3 is 2.42 bits per heavy atom. The zero-order valence-corrected chi connectivity index (χ0v) is 6.54. The molecule has 0 aliphatic rings. The van der Waals surface area contributed by atoms with E-state index in [0.29, 0.717) is 0 Å². The van der Waals surface area contributed by atoms with Crippen molar-refractivity contribution >= 4 is 11.9 Å². The summed E-state index contributed by atoms with van der Waals surface area (Å²) in [6, 6.07) is 0. The van der Waals surface area contributed by atoms with Crippen molar-refractivity contribution in [1.82, 2.24) is 10.6 Å². The molecule has 0 fully saturated rings. The van der Waals surface area contributed by atoms with Gasteiger partial charge in [-0.15, -0.1) is 0 Å². The first kappa shape index (κ1) is 10.9. The predicted molar refractivity (Wildman–Crippen MR) is 40.6 cm³/mol. The number of aliphatic carboxylic acids is 1. The summed E-state index contributed by atoms with van der Waals surface area (Å²) in [5.41, 5.74) is 0. The SMILES string of the molecule is O=C(O)CNCC(=O)NCCO. The van der Waals surface area contributed by atoms with Crippen LogP contribution in [0.5, 0.6) is 0 Å². The molecule has 4 N–H and O–H groups in total. The number of aliphatic hydroxyl groups excluding tert-OH is 1. The molecule has 12 heavy (non-hydrogen) atoms. The van der Waals surface area contributed by atoms with Crippen LogP contribution in [0.25, 0.3) is 0 Å². The largest absolute Gasteiger partial charge is 0.480 e. The number of carboxylic acids is 1. The molecule has 0 spiro atoms. The molecule has 0 atom stereocenters. The Morgan fingerprint density at radius 2 is 1.92 bits per heavy atom. The fourth-order valence-corrected chi connectivity index (χ4v) is 0.541. The lowest BCUT2D eigenvalue weighted by Crippen LogP contribution is -2.37. The maximum Gasteiger partial charge on any atom is 0.317 e. The van der Waals surface area contributed by atoms with Crippen molar-refractivity contribution in [1.29, 1.82) is 0 Å². The quantitative estimate of drug-likeness (QED) is 0.367. The summed E-state index contributed by atoms with van der Waals surface area (Å²) >= 11 is 0. The minimum Gasteiger partial charge on any atom is -0.480 e. The van der Waals surface area contributed by atoms with Gasteiger partial charge in [0.15, 0.2) is 0 Å². The van der Waals surface area contributed by atoms with Crippen LogP contribution in [-0.4, -0.2) is 48.3 Å². The third-order valence-corrected chi connectivity index (χ3v) is 0.996. The zero-order chi connectivity index (χ0) is 9.40. The van der Waals surface area contributed by atoms with E-state index in [1.54, 1.807) is 0 Å². The summed E-state index contributed by atoms with van der Waals surface area (Å²) in [6.07, 6.45) is 0. The molecule has 0 saturated heterocycles. The minimum atomic E-state index is -1.01. The molecule has 6 heteroatoms. The van der Waals surface area contributed by atoms with E-state index in [1.165, 1.54) is 0 Å². The molecule has 0 rings (SSSR count). The Kier molecular flexibility index (Phi) is 5.94. The van der Waals surface area contributed by atoms with Gasteiger partial charge in [0.25, 0.3) is 0 Å². The van der Waals surface area contributed by atoms with Crippen LogP contribution in [0.1, 0.15) is 0 Å². The highest BCUT2D eigenvalue weighted by molar-refractivity contribution is 5.78. The molecule has 0 heterocycles. The van der Waals surface area contributed by atoms with Gasteiger partial charge in [0, 0.05) is 6.54 Å². The Balaban J connectivity index is 3.25. The first-order chi connectivity index (χ1) is 5.66. The third kappa shape index (κ3) is 6.97. The molecule has 0 bridgehead atoms. The number of amides is 1. The van der Waals surface area contributed by atoms with Gasteiger partial charge in [-0.2, -0.15) is 0 Å². The van der Waals surface area contributed by atoms with Gasteiger partial charge in [-0.05, 0) is 0 Å². The van der Waals surface area contributed by atoms with Crippen molar-refractivity contribution in [2.45, 2.75) is 0 Å². The number of carbonyl (C=O) groups is 2. The van der Waals surface area contributed by atoms with Crippen LogP contribution in [0.4, 0.5) is 0 Å². The summed E-state index contributed by atoms with van der Waals surface area (Å²) in [4.78, 5) is 20.7. The van der Waals surface area contributed by atoms with Gasteiger partial charge >= 0.3 is 5.97 Å². The molecular weight excluding hydrogens is 164 g/mol. The van der Waals surface area contributed by atoms with E-state index in [1.807, 2.05) is 0 Å². The van der Waals surface area contributed by atoms with Crippen LogP contribution in [0, 0.1) is 0 Å². The lowest BCUT2D eigenvalue weighted by Gasteiger charge is -2.02. The normalized spacial score (nSPS) is 9.42. The second-order valence-electron chi connectivity index (χ2n) is 2.07. The smallest absolute Gasteiger partial charge is 0.317 e. The van der Waals surface area contributed by atoms with Crippen LogP contribution in [0.2, 0.25) is 0 Å². The summed E-state index contributed by atoms with van der Waals surface area (Å²) in [5.74, 6) is -1.34. The number of nitrogens with one attached hydrogen (secondary N) is 2. The van der Waals surface area contributed by atoms with Crippen LogP contribution in [0.15, 0.2) is 0 Å². The van der Waals surface area contributed by atoms with Gasteiger partial charge in [-0.25, -0.2) is 0 Å². The second kappa shape index (κ2) is 6.56. The molecule has 6 nitrogen and oxygen atoms in total. The van der Waals surface area contributed by atoms with Crippen molar-refractivity contribution in [3.63, 3.8) is 0 Å². The van der Waals surface area contributed by atoms with Gasteiger partial charge in [0.1, 0.15) is 0 Å². The summed E-state index contributed by atoms with van der Waals surface area (Å²) in [5, 5.41) is 21.2. The highest BCUT2D eigenvalue weighted by atomic mass is 16.4. The number of carboxylic acid groups (broad SMARTS) is 1. The highest BCUT2D eigenvalue weighted by Crippen LogP contribution is 1.65. The lowest BCUT2D eigenvalue weighted by molar-refractivity contribution is -0.136. The molecule has 0 aromatic rings. The van der Waals surface area contributed by atoms with Crippen LogP contribution >= 0.6 is 0 Å². The van der Waals surface area contributed by atoms with Crippen LogP contribution in [-0.2, 0) is 9.59 Å². The maximum atomic E-state index is 10.7. The number of aliphatic hydroxyl groups is 1. The van der Waals surface area contributed by atoms with E-state index < -0.39 is 5.97 Å². The fraction of sp³-hybridized carbons (Fsp3) is 0.667. The van der Waals surface area contributed by atoms with Gasteiger partial charge in [0.2, 0.25) is 5.91 Å². The highest BCUT2D eigenvalue weighted by Gasteiger charge is 2.00. The molecule has 1 amide bonds. The molecule has 70 valence electrons. The molecule has 0 saturated carbocycles. The van der Waals surface area contributed by atoms with E-state index in [0.717, 1.165) is 0 Å². The maximum absolute atomic E-state index is 10.7. The summed E-state index contributed by atoms with van der Waals surface area (Å²) in [6.45, 7) is -0.225. The number of hydrogen-bond acceptors (Lipinski definition) is 4. The monoisotopic (exact) mass is 176 g/mol. The topological polar surface area (TPSA) is 98.7 Å². The van der Waals surface area contributed by atoms with Gasteiger partial charge in [0.05, 0.1) is 19.7 Å². The second-order valence-corrected chi connectivity index (χ2v) is 2.07. The Labute approximate surface area is 69.6 Å². The Bertz CT molecular complexity index is 160. The first-order valence-corrected chi connectivity index (χ1v) is 3.47. The lowest BCUT2D eigenvalue weighted by atomic mass is 10.5. The van der Waals surface area contributed by atoms with Crippen molar-refractivity contribution in [2.75, 3.05) is 26.2 Å². The van der Waals surface area contributed by atoms with Crippen molar-refractivity contribution in [2.24, 2.45) is 0 Å². The number of hydrogen-bond donors (Lipinski definition) is 4. The van der Waals surface area contributed by atoms with E-state index in [4.69, 9.17) is 10.2 Å². The first-order valence-electron chi connectivity index (χ1n) is 3.47. The van der Waals surface area contributed by atoms with E-state index >= 15 is 0 Å². The fourth-order valence-electron chi connectivity index (χ4n) is 0.541. The van der Waals surface area contributed by atoms with Gasteiger partial charge in [-0.3, -0.25) is 14.9 Å². The predicted octanol–water partition coefficient (Wildman–Crippen LogP) is -2.23. The van der Waals surface area contributed by atoms with Gasteiger partial charge < -0.3 is 15.5 Å². The molecule has 0 aromatic heterocycles. The Morgan fingerprint density at radius 1 is 1.25 bits per heavy atom. The van der Waals surface area contributed by atoms with Crippen molar-refractivity contribution < 1.29 is 19.8 Å². The van der Waals surface area contributed by atoms with E-state index in [-0.39, 0.29) is 32.1 Å². The van der Waals surface area contributed by atoms with Crippen molar-refractivity contribution in [3.05, 3.63) is 0 Å². The molecular formula is C6H12N2O4. The van der Waals surface area contributed by atoms with Crippen LogP contribution in [0.3, 0.4) is 0 Å². The number of carbonyl (C=O) groups excluding carboxylic acids is 1. The minimum absolute atomic E-state index is 0.0493. The number of rotatable bonds is 6. The molecule has 0 aliphatic heterocycles. The average molecular weight is 176 g/mol. The summed E-state index contributed by atoms with van der Waals surface area (Å²) < 4.78 is 0. The standard InChI is InChI=1S/C6H12N2O4/c9-2-1-8-5(10)3-7-4-6(11)12/h7,9H,1-4H2,(H,8,10)(H,11,12). The molecule has 0 unspecified atom stereocenters. The molecule has 0 aromatic carbocycles. The van der Waals surface area contributed by atoms with Gasteiger partial charge in [-0.1, -0.05) is 0 Å². The zero-order valence-electron chi connectivity index (χ0n) is 6.54. The van der Waals surface area contributed by atoms with Crippen molar-refractivity contribution in [3.8, 4) is 0 Å². The summed E-state index contributed by atoms with van der Waals surface area (Å²) in [7, 11) is 0. The van der Waals surface area contributed by atoms with E-state index in [2.05, 4.69) is 10.6 Å². The van der Waals surface area contributed by atoms with E-state index in [9.17, 15) is 9.59 Å². The van der Waals surface area contributed by atoms with Crippen LogP contribution < -0.4 is 10.6 Å². The third-order valence-electron chi connectivity index (χ3n) is 0.996.